The molecule has 0 aromatic heterocycles. The van der Waals surface area contributed by atoms with Gasteiger partial charge in [0.2, 0.25) is 0 Å². The fourth-order valence-electron chi connectivity index (χ4n) is 1.31. The molecule has 0 bridgehead atoms. The standard InChI is InChI=1S/C12H17NS/c1-12(2,3)11(13-14-4)10-8-6-5-7-9-10/h5-9H,1-4H3/b13-11+. The van der Waals surface area contributed by atoms with E-state index in [1.165, 1.54) is 17.5 Å². The molecule has 14 heavy (non-hydrogen) atoms. The number of rotatable bonds is 2. The molecular weight excluding hydrogens is 190 g/mol. The third-order valence-electron chi connectivity index (χ3n) is 1.94. The van der Waals surface area contributed by atoms with Gasteiger partial charge in [-0.15, -0.1) is 0 Å². The van der Waals surface area contributed by atoms with Gasteiger partial charge in [0.1, 0.15) is 0 Å². The van der Waals surface area contributed by atoms with Crippen LogP contribution < -0.4 is 0 Å². The van der Waals surface area contributed by atoms with Crippen LogP contribution >= 0.6 is 11.9 Å². The maximum Gasteiger partial charge on any atom is 0.0612 e. The summed E-state index contributed by atoms with van der Waals surface area (Å²) >= 11 is 1.52. The van der Waals surface area contributed by atoms with Crippen molar-refractivity contribution in [3.05, 3.63) is 35.9 Å². The summed E-state index contributed by atoms with van der Waals surface area (Å²) in [5.74, 6) is 0. The van der Waals surface area contributed by atoms with Crippen LogP contribution in [0.2, 0.25) is 0 Å². The number of hydrogen-bond acceptors (Lipinski definition) is 2. The molecule has 1 aromatic rings. The van der Waals surface area contributed by atoms with Crippen molar-refractivity contribution in [3.63, 3.8) is 0 Å². The lowest BCUT2D eigenvalue weighted by molar-refractivity contribution is 0.594. The third kappa shape index (κ3) is 2.88. The van der Waals surface area contributed by atoms with Crippen molar-refractivity contribution < 1.29 is 0 Å². The van der Waals surface area contributed by atoms with E-state index in [2.05, 4.69) is 49.4 Å². The van der Waals surface area contributed by atoms with Crippen LogP contribution in [0.1, 0.15) is 26.3 Å². The lowest BCUT2D eigenvalue weighted by Gasteiger charge is -2.21. The molecule has 0 saturated heterocycles. The molecule has 0 heterocycles. The molecule has 0 aliphatic heterocycles. The molecule has 0 atom stereocenters. The molecule has 0 amide bonds. The van der Waals surface area contributed by atoms with E-state index in [-0.39, 0.29) is 5.41 Å². The third-order valence-corrected chi connectivity index (χ3v) is 2.31. The summed E-state index contributed by atoms with van der Waals surface area (Å²) in [5.41, 5.74) is 2.48. The van der Waals surface area contributed by atoms with Crippen LogP contribution in [0.15, 0.2) is 34.7 Å². The molecule has 0 fully saturated rings. The highest BCUT2D eigenvalue weighted by molar-refractivity contribution is 7.97. The number of nitrogens with zero attached hydrogens (tertiary/aromatic N) is 1. The molecule has 1 rings (SSSR count). The first kappa shape index (κ1) is 11.3. The highest BCUT2D eigenvalue weighted by atomic mass is 32.2. The largest absolute Gasteiger partial charge is 0.220 e. The Bertz CT molecular complexity index is 309. The van der Waals surface area contributed by atoms with Gasteiger partial charge in [-0.25, -0.2) is 4.40 Å². The monoisotopic (exact) mass is 207 g/mol. The van der Waals surface area contributed by atoms with Gasteiger partial charge in [-0.2, -0.15) is 0 Å². The van der Waals surface area contributed by atoms with E-state index in [1.54, 1.807) is 0 Å². The molecule has 0 N–H and O–H groups in total. The number of hydrogen-bond donors (Lipinski definition) is 0. The van der Waals surface area contributed by atoms with Crippen molar-refractivity contribution in [3.8, 4) is 0 Å². The minimum Gasteiger partial charge on any atom is -0.220 e. The summed E-state index contributed by atoms with van der Waals surface area (Å²) in [6.45, 7) is 6.57. The van der Waals surface area contributed by atoms with Gasteiger partial charge in [0, 0.05) is 11.7 Å². The van der Waals surface area contributed by atoms with E-state index in [1.807, 2.05) is 12.3 Å². The Kier molecular flexibility index (Phi) is 3.76. The molecule has 0 spiro atoms. The zero-order valence-electron chi connectivity index (χ0n) is 9.24. The van der Waals surface area contributed by atoms with E-state index in [0.29, 0.717) is 0 Å². The van der Waals surface area contributed by atoms with Gasteiger partial charge in [-0.3, -0.25) is 0 Å². The molecule has 0 aliphatic rings. The quantitative estimate of drug-likeness (QED) is 0.531. The highest BCUT2D eigenvalue weighted by Crippen LogP contribution is 2.23. The van der Waals surface area contributed by atoms with Crippen molar-refractivity contribution in [2.75, 3.05) is 6.26 Å². The van der Waals surface area contributed by atoms with E-state index in [9.17, 15) is 0 Å². The second-order valence-electron chi connectivity index (χ2n) is 4.24. The van der Waals surface area contributed by atoms with Crippen molar-refractivity contribution in [1.82, 2.24) is 0 Å². The summed E-state index contributed by atoms with van der Waals surface area (Å²) in [5, 5.41) is 0. The van der Waals surface area contributed by atoms with Crippen molar-refractivity contribution >= 4 is 17.7 Å². The Labute approximate surface area is 90.8 Å². The predicted octanol–water partition coefficient (Wildman–Crippen LogP) is 3.80. The van der Waals surface area contributed by atoms with Gasteiger partial charge >= 0.3 is 0 Å². The minimum atomic E-state index is 0.102. The molecule has 0 unspecified atom stereocenters. The zero-order chi connectivity index (χ0) is 10.6. The molecular formula is C12H17NS. The Morgan fingerprint density at radius 2 is 1.71 bits per heavy atom. The SMILES string of the molecule is CS/N=C(\c1ccccc1)C(C)(C)C. The maximum absolute atomic E-state index is 4.50. The molecule has 2 heteroatoms. The van der Waals surface area contributed by atoms with Crippen molar-refractivity contribution in [2.45, 2.75) is 20.8 Å². The average molecular weight is 207 g/mol. The second kappa shape index (κ2) is 4.65. The molecule has 1 aromatic carbocycles. The van der Waals surface area contributed by atoms with Gasteiger partial charge in [0.05, 0.1) is 5.71 Å². The summed E-state index contributed by atoms with van der Waals surface area (Å²) in [6, 6.07) is 10.4. The number of benzene rings is 1. The molecule has 0 saturated carbocycles. The summed E-state index contributed by atoms with van der Waals surface area (Å²) in [4.78, 5) is 0. The first-order chi connectivity index (χ1) is 6.55. The van der Waals surface area contributed by atoms with Gasteiger partial charge < -0.3 is 0 Å². The van der Waals surface area contributed by atoms with Gasteiger partial charge in [0.25, 0.3) is 0 Å². The Hall–Kier alpha value is -0.760. The maximum atomic E-state index is 4.50. The van der Waals surface area contributed by atoms with Gasteiger partial charge in [0.15, 0.2) is 0 Å². The minimum absolute atomic E-state index is 0.102. The van der Waals surface area contributed by atoms with Crippen molar-refractivity contribution in [2.24, 2.45) is 9.81 Å². The van der Waals surface area contributed by atoms with Crippen LogP contribution in [0.5, 0.6) is 0 Å². The summed E-state index contributed by atoms with van der Waals surface area (Å²) < 4.78 is 4.50. The van der Waals surface area contributed by atoms with E-state index >= 15 is 0 Å². The Morgan fingerprint density at radius 1 is 1.14 bits per heavy atom. The van der Waals surface area contributed by atoms with Gasteiger partial charge in [-0.05, 0) is 17.5 Å². The Morgan fingerprint density at radius 3 is 2.14 bits per heavy atom. The lowest BCUT2D eigenvalue weighted by Crippen LogP contribution is -2.20. The van der Waals surface area contributed by atoms with Crippen molar-refractivity contribution in [1.29, 1.82) is 0 Å². The molecule has 76 valence electrons. The van der Waals surface area contributed by atoms with E-state index in [4.69, 9.17) is 0 Å². The van der Waals surface area contributed by atoms with Crippen LogP contribution in [-0.2, 0) is 0 Å². The molecule has 0 aliphatic carbocycles. The summed E-state index contributed by atoms with van der Waals surface area (Å²) in [7, 11) is 0. The molecule has 0 radical (unpaired) electrons. The fourth-order valence-corrected chi connectivity index (χ4v) is 1.87. The van der Waals surface area contributed by atoms with E-state index in [0.717, 1.165) is 5.71 Å². The van der Waals surface area contributed by atoms with Crippen LogP contribution in [0.25, 0.3) is 0 Å². The van der Waals surface area contributed by atoms with Crippen LogP contribution in [0, 0.1) is 5.41 Å². The zero-order valence-corrected chi connectivity index (χ0v) is 10.1. The first-order valence-corrected chi connectivity index (χ1v) is 5.91. The summed E-state index contributed by atoms with van der Waals surface area (Å²) in [6.07, 6.45) is 1.99. The normalized spacial score (nSPS) is 13.0. The topological polar surface area (TPSA) is 12.4 Å². The van der Waals surface area contributed by atoms with Crippen LogP contribution in [0.4, 0.5) is 0 Å². The van der Waals surface area contributed by atoms with Gasteiger partial charge in [-0.1, -0.05) is 51.1 Å². The smallest absolute Gasteiger partial charge is 0.0612 e. The van der Waals surface area contributed by atoms with Crippen LogP contribution in [0.3, 0.4) is 0 Å². The second-order valence-corrected chi connectivity index (χ2v) is 4.79. The molecule has 1 nitrogen and oxygen atoms in total. The first-order valence-electron chi connectivity index (χ1n) is 4.73. The predicted molar refractivity (Wildman–Crippen MR) is 65.9 cm³/mol. The Balaban J connectivity index is 3.09. The average Bonchev–Trinajstić information content (AvgIpc) is 2.14. The van der Waals surface area contributed by atoms with E-state index < -0.39 is 0 Å². The highest BCUT2D eigenvalue weighted by Gasteiger charge is 2.20. The van der Waals surface area contributed by atoms with Crippen LogP contribution in [-0.4, -0.2) is 12.0 Å². The lowest BCUT2D eigenvalue weighted by atomic mass is 9.86. The fraction of sp³-hybridized carbons (Fsp3) is 0.417.